The van der Waals surface area contributed by atoms with E-state index in [1.165, 1.54) is 4.88 Å². The minimum Gasteiger partial charge on any atom is -0.378 e. The van der Waals surface area contributed by atoms with Crippen molar-refractivity contribution in [1.82, 2.24) is 20.3 Å². The zero-order valence-corrected chi connectivity index (χ0v) is 20.5. The summed E-state index contributed by atoms with van der Waals surface area (Å²) < 4.78 is 5.41. The van der Waals surface area contributed by atoms with E-state index in [1.54, 1.807) is 35.6 Å². The van der Waals surface area contributed by atoms with Crippen LogP contribution in [0.2, 0.25) is 5.02 Å². The molecule has 3 aromatic rings. The van der Waals surface area contributed by atoms with Crippen LogP contribution in [0, 0.1) is 0 Å². The molecule has 0 saturated carbocycles. The van der Waals surface area contributed by atoms with Crippen LogP contribution in [0.25, 0.3) is 0 Å². The molecule has 1 aromatic carbocycles. The summed E-state index contributed by atoms with van der Waals surface area (Å²) in [4.78, 5) is 29.0. The normalized spacial score (nSPS) is 13.3. The fraction of sp³-hybridized carbons (Fsp3) is 0.286. The van der Waals surface area contributed by atoms with Crippen LogP contribution in [0.5, 0.6) is 0 Å². The molecule has 1 aliphatic heterocycles. The molecule has 178 valence electrons. The zero-order chi connectivity index (χ0) is 23.8. The zero-order valence-electron chi connectivity index (χ0n) is 18.1. The Balaban J connectivity index is 1.44. The van der Waals surface area contributed by atoms with Gasteiger partial charge in [-0.3, -0.25) is 5.32 Å². The highest BCUT2D eigenvalue weighted by Crippen LogP contribution is 2.21. The topological polar surface area (TPSA) is 116 Å². The van der Waals surface area contributed by atoms with Crippen molar-refractivity contribution in [3.8, 4) is 0 Å². The third-order valence-electron chi connectivity index (χ3n) is 4.73. The van der Waals surface area contributed by atoms with Gasteiger partial charge in [0.15, 0.2) is 5.11 Å². The number of urea groups is 1. The largest absolute Gasteiger partial charge is 0.378 e. The van der Waals surface area contributed by atoms with Gasteiger partial charge in [-0.2, -0.15) is 15.0 Å². The Morgan fingerprint density at radius 3 is 2.56 bits per heavy atom. The molecular weight excluding hydrogens is 496 g/mol. The van der Waals surface area contributed by atoms with Gasteiger partial charge in [0.25, 0.3) is 0 Å². The average molecular weight is 519 g/mol. The number of morpholine rings is 1. The maximum atomic E-state index is 12.5. The number of nitrogens with one attached hydrogen (secondary N) is 4. The first-order valence-electron chi connectivity index (χ1n) is 10.6. The van der Waals surface area contributed by atoms with Gasteiger partial charge in [-0.15, -0.1) is 11.3 Å². The Bertz CT molecular complexity index is 1130. The number of hydrogen-bond donors (Lipinski definition) is 4. The highest BCUT2D eigenvalue weighted by atomic mass is 35.5. The Kier molecular flexibility index (Phi) is 8.41. The third-order valence-corrected chi connectivity index (χ3v) is 6.24. The van der Waals surface area contributed by atoms with Crippen LogP contribution >= 0.6 is 35.2 Å². The van der Waals surface area contributed by atoms with Crippen molar-refractivity contribution < 1.29 is 9.53 Å². The van der Waals surface area contributed by atoms with E-state index in [-0.39, 0.29) is 11.9 Å². The minimum atomic E-state index is -0.533. The Hall–Kier alpha value is -3.06. The van der Waals surface area contributed by atoms with Gasteiger partial charge >= 0.3 is 6.03 Å². The van der Waals surface area contributed by atoms with Crippen molar-refractivity contribution in [2.75, 3.05) is 53.7 Å². The van der Waals surface area contributed by atoms with Crippen molar-refractivity contribution >= 4 is 69.8 Å². The summed E-state index contributed by atoms with van der Waals surface area (Å²) in [5, 5.41) is 14.3. The predicted molar refractivity (Wildman–Crippen MR) is 139 cm³/mol. The summed E-state index contributed by atoms with van der Waals surface area (Å²) in [7, 11) is 0. The van der Waals surface area contributed by atoms with E-state index >= 15 is 0 Å². The summed E-state index contributed by atoms with van der Waals surface area (Å²) in [5.74, 6) is 0.707. The van der Waals surface area contributed by atoms with Crippen molar-refractivity contribution in [2.24, 2.45) is 0 Å². The number of rotatable bonds is 7. The number of anilines is 4. The van der Waals surface area contributed by atoms with Gasteiger partial charge in [0, 0.05) is 24.5 Å². The lowest BCUT2D eigenvalue weighted by Gasteiger charge is -2.27. The van der Waals surface area contributed by atoms with Gasteiger partial charge in [0.2, 0.25) is 17.8 Å². The van der Waals surface area contributed by atoms with E-state index in [0.29, 0.717) is 54.6 Å². The number of halogens is 1. The first-order chi connectivity index (χ1) is 16.6. The van der Waals surface area contributed by atoms with Gasteiger partial charge in [0.1, 0.15) is 0 Å². The second-order valence-corrected chi connectivity index (χ2v) is 9.00. The lowest BCUT2D eigenvalue weighted by atomic mass is 10.3. The molecule has 0 bridgehead atoms. The lowest BCUT2D eigenvalue weighted by Crippen LogP contribution is -2.38. The first kappa shape index (κ1) is 24.1. The van der Waals surface area contributed by atoms with E-state index in [4.69, 9.17) is 28.6 Å². The van der Waals surface area contributed by atoms with E-state index < -0.39 is 6.03 Å². The van der Waals surface area contributed by atoms with E-state index in [2.05, 4.69) is 42.3 Å². The maximum absolute atomic E-state index is 12.5. The smallest absolute Gasteiger partial charge is 0.326 e. The number of thiophene rings is 1. The number of aromatic nitrogens is 3. The number of ether oxygens (including phenoxy) is 1. The molecule has 13 heteroatoms. The number of hydrogen-bond acceptors (Lipinski definition) is 8. The Morgan fingerprint density at radius 2 is 1.82 bits per heavy atom. The highest BCUT2D eigenvalue weighted by molar-refractivity contribution is 7.80. The van der Waals surface area contributed by atoms with Crippen LogP contribution in [0.1, 0.15) is 4.88 Å². The van der Waals surface area contributed by atoms with E-state index in [1.807, 2.05) is 16.3 Å². The quantitative estimate of drug-likeness (QED) is 0.348. The van der Waals surface area contributed by atoms with Crippen LogP contribution in [-0.4, -0.2) is 58.9 Å². The monoisotopic (exact) mass is 518 g/mol. The molecule has 3 heterocycles. The molecule has 10 nitrogen and oxygen atoms in total. The molecule has 0 unspecified atom stereocenters. The molecule has 2 aromatic heterocycles. The maximum Gasteiger partial charge on any atom is 0.326 e. The number of carbonyl (C=O) groups excluding carboxylic acids is 1. The second-order valence-electron chi connectivity index (χ2n) is 7.15. The molecule has 4 rings (SSSR count). The fourth-order valence-electron chi connectivity index (χ4n) is 3.10. The number of amides is 2. The standard InChI is InChI=1S/C21H23ClN8O2S2/c22-15-5-1-2-6-16(15)24-20(31)28-17-25-18(27-19(26-17)30-9-11-32-12-10-30)29-21(33)23-8-7-14-4-3-13-34-14/h1-6,13H,7-12H2,(H4,23,24,25,26,27,28,29,31,33). The summed E-state index contributed by atoms with van der Waals surface area (Å²) in [6.07, 6.45) is 0.852. The Labute approximate surface area is 211 Å². The van der Waals surface area contributed by atoms with Crippen molar-refractivity contribution in [3.63, 3.8) is 0 Å². The molecule has 0 atom stereocenters. The molecule has 34 heavy (non-hydrogen) atoms. The molecule has 0 spiro atoms. The average Bonchev–Trinajstić information content (AvgIpc) is 3.34. The van der Waals surface area contributed by atoms with E-state index in [0.717, 1.165) is 6.42 Å². The molecule has 0 aliphatic carbocycles. The van der Waals surface area contributed by atoms with Gasteiger partial charge < -0.3 is 25.6 Å². The van der Waals surface area contributed by atoms with Gasteiger partial charge in [0.05, 0.1) is 23.9 Å². The SMILES string of the molecule is O=C(Nc1nc(NC(=S)NCCc2cccs2)nc(N2CCOCC2)n1)Nc1ccccc1Cl. The summed E-state index contributed by atoms with van der Waals surface area (Å²) in [5.41, 5.74) is 0.471. The van der Waals surface area contributed by atoms with Crippen molar-refractivity contribution in [2.45, 2.75) is 6.42 Å². The summed E-state index contributed by atoms with van der Waals surface area (Å²) in [6, 6.07) is 10.5. The fourth-order valence-corrected chi connectivity index (χ4v) is 4.18. The molecule has 0 radical (unpaired) electrons. The van der Waals surface area contributed by atoms with Crippen LogP contribution < -0.4 is 26.2 Å². The van der Waals surface area contributed by atoms with Crippen LogP contribution in [0.15, 0.2) is 41.8 Å². The minimum absolute atomic E-state index is 0.0740. The third kappa shape index (κ3) is 6.97. The summed E-state index contributed by atoms with van der Waals surface area (Å²) in [6.45, 7) is 3.04. The highest BCUT2D eigenvalue weighted by Gasteiger charge is 2.18. The molecule has 1 fully saturated rings. The van der Waals surface area contributed by atoms with E-state index in [9.17, 15) is 4.79 Å². The van der Waals surface area contributed by atoms with Gasteiger partial charge in [-0.25, -0.2) is 4.79 Å². The second kappa shape index (κ2) is 11.9. The van der Waals surface area contributed by atoms with Crippen LogP contribution in [-0.2, 0) is 11.2 Å². The molecular formula is C21H23ClN8O2S2. The van der Waals surface area contributed by atoms with Crippen LogP contribution in [0.4, 0.5) is 28.3 Å². The number of para-hydroxylation sites is 1. The van der Waals surface area contributed by atoms with Crippen molar-refractivity contribution in [3.05, 3.63) is 51.7 Å². The van der Waals surface area contributed by atoms with Crippen LogP contribution in [0.3, 0.4) is 0 Å². The van der Waals surface area contributed by atoms with Gasteiger partial charge in [-0.05, 0) is 42.2 Å². The number of benzene rings is 1. The molecule has 1 aliphatic rings. The lowest BCUT2D eigenvalue weighted by molar-refractivity contribution is 0.122. The van der Waals surface area contributed by atoms with Crippen molar-refractivity contribution in [1.29, 1.82) is 0 Å². The predicted octanol–water partition coefficient (Wildman–Crippen LogP) is 3.60. The molecule has 4 N–H and O–H groups in total. The first-order valence-corrected chi connectivity index (χ1v) is 12.2. The Morgan fingerprint density at radius 1 is 1.06 bits per heavy atom. The number of thiocarbonyl (C=S) groups is 1. The molecule has 2 amide bonds. The number of nitrogens with zero attached hydrogens (tertiary/aromatic N) is 4. The van der Waals surface area contributed by atoms with Gasteiger partial charge in [-0.1, -0.05) is 29.8 Å². The summed E-state index contributed by atoms with van der Waals surface area (Å²) >= 11 is 13.2. The molecule has 1 saturated heterocycles. The number of carbonyl (C=O) groups is 1.